The second-order valence-corrected chi connectivity index (χ2v) is 7.27. The molecule has 0 aromatic heterocycles. The van der Waals surface area contributed by atoms with Gasteiger partial charge in [0.15, 0.2) is 11.4 Å². The number of allylic oxidation sites excluding steroid dienone is 3. The number of carbonyl (C=O) groups is 2. The predicted octanol–water partition coefficient (Wildman–Crippen LogP) is 2.35. The van der Waals surface area contributed by atoms with E-state index < -0.39 is 42.1 Å². The second-order valence-electron chi connectivity index (χ2n) is 7.27. The molecule has 2 N–H and O–H groups in total. The van der Waals surface area contributed by atoms with Crippen LogP contribution in [0.15, 0.2) is 36.0 Å². The van der Waals surface area contributed by atoms with Crippen LogP contribution in [0, 0.1) is 11.8 Å². The highest BCUT2D eigenvalue weighted by Gasteiger charge is 2.47. The summed E-state index contributed by atoms with van der Waals surface area (Å²) in [4.78, 5) is 25.3. The molecule has 1 rings (SSSR count). The van der Waals surface area contributed by atoms with Crippen molar-refractivity contribution >= 4 is 11.8 Å². The molecule has 152 valence electrons. The van der Waals surface area contributed by atoms with Crippen LogP contribution in [-0.4, -0.2) is 53.5 Å². The molecule has 6 heteroatoms. The maximum atomic E-state index is 12.8. The first-order valence-corrected chi connectivity index (χ1v) is 9.25. The molecular formula is C21H32O6. The first-order chi connectivity index (χ1) is 12.6. The van der Waals surface area contributed by atoms with Gasteiger partial charge in [-0.3, -0.25) is 9.59 Å². The van der Waals surface area contributed by atoms with Gasteiger partial charge < -0.3 is 19.7 Å². The average molecular weight is 380 g/mol. The molecule has 1 heterocycles. The van der Waals surface area contributed by atoms with Crippen LogP contribution in [-0.2, 0) is 19.1 Å². The summed E-state index contributed by atoms with van der Waals surface area (Å²) < 4.78 is 10.7. The molecule has 0 spiro atoms. The van der Waals surface area contributed by atoms with Crippen molar-refractivity contribution in [1.29, 1.82) is 0 Å². The summed E-state index contributed by atoms with van der Waals surface area (Å²) in [5.74, 6) is -2.77. The molecule has 0 bridgehead atoms. The van der Waals surface area contributed by atoms with Gasteiger partial charge in [-0.15, -0.1) is 0 Å². The van der Waals surface area contributed by atoms with Crippen molar-refractivity contribution in [3.63, 3.8) is 0 Å². The lowest BCUT2D eigenvalue weighted by Gasteiger charge is -2.32. The highest BCUT2D eigenvalue weighted by molar-refractivity contribution is 6.03. The molecule has 0 saturated carbocycles. The van der Waals surface area contributed by atoms with Crippen LogP contribution in [0.4, 0.5) is 0 Å². The molecule has 0 fully saturated rings. The lowest BCUT2D eigenvalue weighted by Crippen LogP contribution is -2.56. The van der Waals surface area contributed by atoms with Crippen LogP contribution in [0.2, 0.25) is 0 Å². The Hall–Kier alpha value is -1.76. The van der Waals surface area contributed by atoms with E-state index in [0.29, 0.717) is 12.8 Å². The van der Waals surface area contributed by atoms with E-state index in [-0.39, 0.29) is 5.92 Å². The summed E-state index contributed by atoms with van der Waals surface area (Å²) in [6, 6.07) is 0. The number of cyclic esters (lactones) is 1. The minimum atomic E-state index is -2.24. The third kappa shape index (κ3) is 5.61. The van der Waals surface area contributed by atoms with Crippen LogP contribution in [0.1, 0.15) is 40.5 Å². The summed E-state index contributed by atoms with van der Waals surface area (Å²) in [6.45, 7) is 10.3. The third-order valence-electron chi connectivity index (χ3n) is 4.91. The van der Waals surface area contributed by atoms with E-state index in [1.54, 1.807) is 6.08 Å². The van der Waals surface area contributed by atoms with Crippen molar-refractivity contribution in [3.05, 3.63) is 36.0 Å². The fourth-order valence-electron chi connectivity index (χ4n) is 3.21. The fraction of sp³-hybridized carbons (Fsp3) is 0.619. The number of carbonyl (C=O) groups excluding carboxylic acids is 2. The molecule has 1 aliphatic heterocycles. The van der Waals surface area contributed by atoms with Crippen molar-refractivity contribution < 1.29 is 29.3 Å². The highest BCUT2D eigenvalue weighted by Crippen LogP contribution is 2.25. The molecular weight excluding hydrogens is 348 g/mol. The Kier molecular flexibility index (Phi) is 8.59. The van der Waals surface area contributed by atoms with Gasteiger partial charge in [-0.25, -0.2) is 0 Å². The molecule has 0 aromatic carbocycles. The second kappa shape index (κ2) is 9.97. The Labute approximate surface area is 161 Å². The highest BCUT2D eigenvalue weighted by atomic mass is 16.5. The normalized spacial score (nSPS) is 37.1. The number of hydrogen-bond donors (Lipinski definition) is 2. The van der Waals surface area contributed by atoms with E-state index in [4.69, 9.17) is 9.47 Å². The molecule has 5 atom stereocenters. The Bertz CT molecular complexity index is 620. The van der Waals surface area contributed by atoms with Crippen LogP contribution < -0.4 is 0 Å². The van der Waals surface area contributed by atoms with Gasteiger partial charge in [0.1, 0.15) is 18.1 Å². The van der Waals surface area contributed by atoms with Crippen LogP contribution in [0.25, 0.3) is 0 Å². The minimum Gasteiger partial charge on any atom is -0.457 e. The maximum Gasteiger partial charge on any atom is 0.316 e. The van der Waals surface area contributed by atoms with Gasteiger partial charge in [-0.05, 0) is 38.2 Å². The van der Waals surface area contributed by atoms with Gasteiger partial charge in [0, 0.05) is 7.11 Å². The van der Waals surface area contributed by atoms with E-state index in [9.17, 15) is 19.8 Å². The predicted molar refractivity (Wildman–Crippen MR) is 103 cm³/mol. The molecule has 0 amide bonds. The van der Waals surface area contributed by atoms with E-state index in [2.05, 4.69) is 6.58 Å². The zero-order chi connectivity index (χ0) is 20.8. The summed E-state index contributed by atoms with van der Waals surface area (Å²) in [7, 11) is 1.33. The number of aliphatic hydroxyl groups is 2. The number of methoxy groups -OCH3 is 1. The first kappa shape index (κ1) is 23.3. The minimum absolute atomic E-state index is 0.0697. The lowest BCUT2D eigenvalue weighted by molar-refractivity contribution is -0.169. The summed E-state index contributed by atoms with van der Waals surface area (Å²) in [5.41, 5.74) is -0.514. The summed E-state index contributed by atoms with van der Waals surface area (Å²) in [6.07, 6.45) is 4.87. The van der Waals surface area contributed by atoms with Gasteiger partial charge in [-0.1, -0.05) is 44.2 Å². The van der Waals surface area contributed by atoms with Gasteiger partial charge in [-0.2, -0.15) is 0 Å². The third-order valence-corrected chi connectivity index (χ3v) is 4.91. The fourth-order valence-corrected chi connectivity index (χ4v) is 3.21. The van der Waals surface area contributed by atoms with Crippen LogP contribution >= 0.6 is 0 Å². The Morgan fingerprint density at radius 3 is 2.48 bits per heavy atom. The van der Waals surface area contributed by atoms with Crippen molar-refractivity contribution in [2.24, 2.45) is 11.8 Å². The number of aliphatic hydroxyl groups excluding tert-OH is 1. The standard InChI is InChI=1S/C21H32O6/c1-7-17-15(4)11-14(3)10-13(2)8-9-18(26-6)21(25,12-22)19(23)16(5)20(24)27-17/h8-9,11,13,16-18,22,25H,3,7,10,12H2,1-2,4-6H3/b9-8+,15-11+/t13-,16-,17+,18+,21?/m1/s1. The quantitative estimate of drug-likeness (QED) is 0.444. The van der Waals surface area contributed by atoms with E-state index in [0.717, 1.165) is 11.1 Å². The SMILES string of the molecule is C=C1/C=C(\C)[C@H](CC)OC(=O)[C@H](C)C(=O)C(O)(CO)[C@@H](OC)/C=C/[C@@H](C)C1. The number of Topliss-reactive ketones (excluding diaryl/α,β-unsaturated/α-hetero) is 1. The molecule has 0 aliphatic carbocycles. The van der Waals surface area contributed by atoms with Crippen molar-refractivity contribution in [1.82, 2.24) is 0 Å². The topological polar surface area (TPSA) is 93.1 Å². The Morgan fingerprint density at radius 1 is 1.33 bits per heavy atom. The number of ketones is 1. The molecule has 0 saturated heterocycles. The van der Waals surface area contributed by atoms with Gasteiger partial charge in [0.05, 0.1) is 6.61 Å². The van der Waals surface area contributed by atoms with Gasteiger partial charge in [0.25, 0.3) is 0 Å². The average Bonchev–Trinajstić information content (AvgIpc) is 2.63. The summed E-state index contributed by atoms with van der Waals surface area (Å²) in [5, 5.41) is 20.5. The number of rotatable bonds is 3. The van der Waals surface area contributed by atoms with Crippen molar-refractivity contribution in [3.8, 4) is 0 Å². The largest absolute Gasteiger partial charge is 0.457 e. The van der Waals surface area contributed by atoms with Crippen molar-refractivity contribution in [2.45, 2.75) is 58.3 Å². The first-order valence-electron chi connectivity index (χ1n) is 9.25. The number of hydrogen-bond acceptors (Lipinski definition) is 6. The van der Waals surface area contributed by atoms with Gasteiger partial charge >= 0.3 is 5.97 Å². The Morgan fingerprint density at radius 2 is 1.96 bits per heavy atom. The molecule has 1 unspecified atom stereocenters. The molecule has 27 heavy (non-hydrogen) atoms. The smallest absolute Gasteiger partial charge is 0.316 e. The number of ether oxygens (including phenoxy) is 2. The molecule has 0 aromatic rings. The van der Waals surface area contributed by atoms with Crippen LogP contribution in [0.5, 0.6) is 0 Å². The molecule has 6 nitrogen and oxygen atoms in total. The van der Waals surface area contributed by atoms with Gasteiger partial charge in [0.2, 0.25) is 0 Å². The number of esters is 1. The summed E-state index contributed by atoms with van der Waals surface area (Å²) >= 11 is 0. The zero-order valence-corrected chi connectivity index (χ0v) is 16.9. The van der Waals surface area contributed by atoms with E-state index >= 15 is 0 Å². The monoisotopic (exact) mass is 380 g/mol. The molecule has 1 aliphatic rings. The Balaban J connectivity index is 3.39. The molecule has 0 radical (unpaired) electrons. The van der Waals surface area contributed by atoms with Crippen LogP contribution in [0.3, 0.4) is 0 Å². The lowest BCUT2D eigenvalue weighted by atomic mass is 9.84. The van der Waals surface area contributed by atoms with E-state index in [1.165, 1.54) is 14.0 Å². The van der Waals surface area contributed by atoms with E-state index in [1.807, 2.05) is 32.9 Å². The zero-order valence-electron chi connectivity index (χ0n) is 16.9. The van der Waals surface area contributed by atoms with Crippen molar-refractivity contribution in [2.75, 3.05) is 13.7 Å². The maximum absolute atomic E-state index is 12.8.